The molecule has 7 nitrogen and oxygen atoms in total. The molecular weight excluding hydrogens is 352 g/mol. The van der Waals surface area contributed by atoms with Gasteiger partial charge in [-0.15, -0.1) is 0 Å². The lowest BCUT2D eigenvalue weighted by Gasteiger charge is -2.41. The van der Waals surface area contributed by atoms with Gasteiger partial charge in [0.1, 0.15) is 0 Å². The smallest absolute Gasteiger partial charge is 0.250 e. The fourth-order valence-electron chi connectivity index (χ4n) is 3.08. The molecule has 1 aliphatic carbocycles. The van der Waals surface area contributed by atoms with Gasteiger partial charge in [0.15, 0.2) is 15.4 Å². The van der Waals surface area contributed by atoms with Gasteiger partial charge in [-0.25, -0.2) is 8.42 Å². The third-order valence-corrected chi connectivity index (χ3v) is 6.75. The van der Waals surface area contributed by atoms with Crippen molar-refractivity contribution >= 4 is 15.7 Å². The van der Waals surface area contributed by atoms with Gasteiger partial charge in [-0.2, -0.15) is 5.11 Å². The molecule has 1 saturated carbocycles. The Hall–Kier alpha value is -2.74. The Balaban J connectivity index is 1.70. The van der Waals surface area contributed by atoms with Crippen molar-refractivity contribution in [1.29, 1.82) is 0 Å². The first-order chi connectivity index (χ1) is 12.5. The first-order valence-corrected chi connectivity index (χ1v) is 9.76. The van der Waals surface area contributed by atoms with Crippen LogP contribution in [0.2, 0.25) is 0 Å². The Morgan fingerprint density at radius 3 is 2.23 bits per heavy atom. The maximum absolute atomic E-state index is 12.7. The number of carbonyl (C=O) groups is 1. The first-order valence-electron chi connectivity index (χ1n) is 8.21. The normalized spacial score (nSPS) is 22.7. The average molecular weight is 372 g/mol. The van der Waals surface area contributed by atoms with E-state index in [1.54, 1.807) is 30.3 Å². The van der Waals surface area contributed by atoms with E-state index in [0.717, 1.165) is 5.56 Å². The fourth-order valence-corrected chi connectivity index (χ4v) is 4.99. The van der Waals surface area contributed by atoms with E-state index in [9.17, 15) is 13.2 Å². The lowest BCUT2D eigenvalue weighted by atomic mass is 9.76. The van der Waals surface area contributed by atoms with E-state index in [4.69, 9.17) is 5.84 Å². The monoisotopic (exact) mass is 372 g/mol. The molecular formula is C18H20N4O3S. The molecule has 0 saturated heterocycles. The Labute approximate surface area is 152 Å². The quantitative estimate of drug-likeness (QED) is 0.458. The van der Waals surface area contributed by atoms with E-state index >= 15 is 0 Å². The zero-order valence-corrected chi connectivity index (χ0v) is 14.9. The van der Waals surface area contributed by atoms with Crippen molar-refractivity contribution in [1.82, 2.24) is 5.32 Å². The molecule has 26 heavy (non-hydrogen) atoms. The fraction of sp³-hybridized carbons (Fsp3) is 0.278. The molecule has 1 fully saturated rings. The predicted molar refractivity (Wildman–Crippen MR) is 96.7 cm³/mol. The summed E-state index contributed by atoms with van der Waals surface area (Å²) in [5.41, 5.74) is -0.288. The van der Waals surface area contributed by atoms with Crippen molar-refractivity contribution in [3.05, 3.63) is 66.2 Å². The van der Waals surface area contributed by atoms with E-state index in [2.05, 4.69) is 15.7 Å². The van der Waals surface area contributed by atoms with Crippen LogP contribution in [-0.4, -0.2) is 25.1 Å². The summed E-state index contributed by atoms with van der Waals surface area (Å²) in [6.45, 7) is 0.331. The van der Waals surface area contributed by atoms with Gasteiger partial charge in [-0.05, 0) is 17.7 Å². The van der Waals surface area contributed by atoms with Crippen molar-refractivity contribution in [3.63, 3.8) is 0 Å². The molecule has 2 aromatic carbocycles. The largest absolute Gasteiger partial charge is 0.350 e. The topological polar surface area (TPSA) is 114 Å². The molecule has 2 aromatic rings. The molecule has 0 radical (unpaired) electrons. The lowest BCUT2D eigenvalue weighted by Crippen LogP contribution is -2.58. The molecule has 0 aliphatic heterocycles. The van der Waals surface area contributed by atoms with Gasteiger partial charge in [0.2, 0.25) is 5.91 Å². The van der Waals surface area contributed by atoms with Crippen LogP contribution in [0.3, 0.4) is 0 Å². The van der Waals surface area contributed by atoms with Gasteiger partial charge >= 0.3 is 0 Å². The summed E-state index contributed by atoms with van der Waals surface area (Å²) in [4.78, 5) is 12.8. The maximum atomic E-state index is 12.7. The Bertz CT molecular complexity index is 893. The number of carbonyl (C=O) groups excluding carboxylic acids is 1. The van der Waals surface area contributed by atoms with Crippen LogP contribution in [0, 0.1) is 0 Å². The van der Waals surface area contributed by atoms with Gasteiger partial charge < -0.3 is 11.2 Å². The predicted octanol–water partition coefficient (Wildman–Crippen LogP) is 2.00. The third kappa shape index (κ3) is 3.45. The van der Waals surface area contributed by atoms with Crippen LogP contribution in [0.25, 0.3) is 0 Å². The van der Waals surface area contributed by atoms with Gasteiger partial charge in [0.05, 0.1) is 10.1 Å². The van der Waals surface area contributed by atoms with Gasteiger partial charge in [-0.1, -0.05) is 53.8 Å². The van der Waals surface area contributed by atoms with Crippen molar-refractivity contribution < 1.29 is 13.2 Å². The summed E-state index contributed by atoms with van der Waals surface area (Å²) in [6, 6.07) is 17.6. The van der Waals surface area contributed by atoms with Crippen molar-refractivity contribution in [2.24, 2.45) is 16.2 Å². The lowest BCUT2D eigenvalue weighted by molar-refractivity contribution is -0.129. The van der Waals surface area contributed by atoms with E-state index in [-0.39, 0.29) is 23.6 Å². The highest BCUT2D eigenvalue weighted by atomic mass is 32.2. The third-order valence-electron chi connectivity index (χ3n) is 4.61. The number of benzene rings is 2. The molecule has 0 aromatic heterocycles. The summed E-state index contributed by atoms with van der Waals surface area (Å²) in [6.07, 6.45) is 0.122. The number of nitrogens with zero attached hydrogens (tertiary/aromatic N) is 2. The SMILES string of the molecule is NN=NC1(C(=O)NCc2ccccc2)CC(S(=O)(=O)c2ccccc2)C1. The minimum atomic E-state index is -3.51. The molecule has 0 atom stereocenters. The van der Waals surface area contributed by atoms with Crippen LogP contribution in [-0.2, 0) is 21.2 Å². The highest BCUT2D eigenvalue weighted by Crippen LogP contribution is 2.42. The van der Waals surface area contributed by atoms with Crippen LogP contribution in [0.1, 0.15) is 18.4 Å². The molecule has 3 N–H and O–H groups in total. The summed E-state index contributed by atoms with van der Waals surface area (Å²) < 4.78 is 25.3. The number of rotatable bonds is 6. The molecule has 1 amide bonds. The summed E-state index contributed by atoms with van der Waals surface area (Å²) in [5.74, 6) is 4.80. The summed E-state index contributed by atoms with van der Waals surface area (Å²) >= 11 is 0. The van der Waals surface area contributed by atoms with Gasteiger partial charge in [0.25, 0.3) is 0 Å². The molecule has 0 heterocycles. The van der Waals surface area contributed by atoms with Crippen molar-refractivity contribution in [2.75, 3.05) is 0 Å². The first kappa shape index (κ1) is 18.1. The average Bonchev–Trinajstić information content (AvgIpc) is 2.63. The van der Waals surface area contributed by atoms with Crippen LogP contribution in [0.5, 0.6) is 0 Å². The van der Waals surface area contributed by atoms with E-state index in [0.29, 0.717) is 6.54 Å². The zero-order chi connectivity index (χ0) is 18.6. The Kier molecular flexibility index (Phi) is 5.03. The van der Waals surface area contributed by atoms with Crippen LogP contribution >= 0.6 is 0 Å². The summed E-state index contributed by atoms with van der Waals surface area (Å²) in [7, 11) is -3.51. The minimum Gasteiger partial charge on any atom is -0.350 e. The van der Waals surface area contributed by atoms with E-state index in [1.165, 1.54) is 0 Å². The second-order valence-corrected chi connectivity index (χ2v) is 8.53. The number of amides is 1. The number of hydrogen-bond donors (Lipinski definition) is 2. The number of nitrogens with one attached hydrogen (secondary N) is 1. The Morgan fingerprint density at radius 2 is 1.65 bits per heavy atom. The minimum absolute atomic E-state index is 0.0611. The standard InChI is InChI=1S/C18H20N4O3S/c19-22-21-18(17(23)20-13-14-7-3-1-4-8-14)11-16(12-18)26(24,25)15-9-5-2-6-10-15/h1-10,16H,11-13H2,(H2,19,21)(H,20,23). The molecule has 8 heteroatoms. The summed E-state index contributed by atoms with van der Waals surface area (Å²) in [5, 5.41) is 9.23. The van der Waals surface area contributed by atoms with Crippen molar-refractivity contribution in [3.8, 4) is 0 Å². The van der Waals surface area contributed by atoms with Gasteiger partial charge in [0, 0.05) is 19.4 Å². The Morgan fingerprint density at radius 1 is 1.08 bits per heavy atom. The highest BCUT2D eigenvalue weighted by Gasteiger charge is 2.56. The van der Waals surface area contributed by atoms with Crippen LogP contribution < -0.4 is 11.2 Å². The molecule has 3 rings (SSSR count). The number of nitrogens with two attached hydrogens (primary N) is 1. The molecule has 0 bridgehead atoms. The van der Waals surface area contributed by atoms with Crippen LogP contribution in [0.15, 0.2) is 75.9 Å². The number of hydrogen-bond acceptors (Lipinski definition) is 5. The van der Waals surface area contributed by atoms with Gasteiger partial charge in [-0.3, -0.25) is 4.79 Å². The molecule has 0 unspecified atom stereocenters. The van der Waals surface area contributed by atoms with E-state index < -0.39 is 20.6 Å². The second kappa shape index (κ2) is 7.25. The highest BCUT2D eigenvalue weighted by molar-refractivity contribution is 7.92. The van der Waals surface area contributed by atoms with E-state index in [1.807, 2.05) is 30.3 Å². The molecule has 136 valence electrons. The zero-order valence-electron chi connectivity index (χ0n) is 14.1. The molecule has 1 aliphatic rings. The molecule has 0 spiro atoms. The maximum Gasteiger partial charge on any atom is 0.250 e. The second-order valence-electron chi connectivity index (χ2n) is 6.30. The van der Waals surface area contributed by atoms with Crippen molar-refractivity contribution in [2.45, 2.75) is 35.1 Å². The van der Waals surface area contributed by atoms with Crippen LogP contribution in [0.4, 0.5) is 0 Å². The number of sulfone groups is 1.